The van der Waals surface area contributed by atoms with E-state index in [0.29, 0.717) is 6.61 Å². The van der Waals surface area contributed by atoms with Crippen LogP contribution in [0.3, 0.4) is 0 Å². The summed E-state index contributed by atoms with van der Waals surface area (Å²) < 4.78 is 0. The van der Waals surface area contributed by atoms with Crippen LogP contribution in [-0.4, -0.2) is 23.2 Å². The van der Waals surface area contributed by atoms with Gasteiger partial charge < -0.3 is 4.89 Å². The predicted molar refractivity (Wildman–Crippen MR) is 45.6 cm³/mol. The number of carbonyl (C=O) groups is 2. The summed E-state index contributed by atoms with van der Waals surface area (Å²) in [5, 5.41) is -0.299. The molecular formula is C7H10O4S. The first-order valence-electron chi connectivity index (χ1n) is 3.44. The van der Waals surface area contributed by atoms with Crippen molar-refractivity contribution in [1.29, 1.82) is 0 Å². The highest BCUT2D eigenvalue weighted by atomic mass is 32.1. The molecule has 4 nitrogen and oxygen atoms in total. The van der Waals surface area contributed by atoms with Crippen molar-refractivity contribution in [3.05, 3.63) is 0 Å². The molecule has 0 saturated heterocycles. The minimum Gasteiger partial charge on any atom is -0.322 e. The van der Waals surface area contributed by atoms with Gasteiger partial charge in [-0.3, -0.25) is 9.59 Å². The van der Waals surface area contributed by atoms with E-state index in [-0.39, 0.29) is 17.3 Å². The molecule has 0 spiro atoms. The lowest BCUT2D eigenvalue weighted by Gasteiger charge is -2.01. The van der Waals surface area contributed by atoms with Gasteiger partial charge in [-0.25, -0.2) is 0 Å². The molecule has 0 aromatic carbocycles. The van der Waals surface area contributed by atoms with Crippen LogP contribution in [-0.2, 0) is 19.4 Å². The van der Waals surface area contributed by atoms with E-state index in [2.05, 4.69) is 22.0 Å². The molecule has 0 amide bonds. The van der Waals surface area contributed by atoms with Crippen LogP contribution in [0.5, 0.6) is 0 Å². The third kappa shape index (κ3) is 4.92. The van der Waals surface area contributed by atoms with Crippen molar-refractivity contribution in [3.63, 3.8) is 0 Å². The summed E-state index contributed by atoms with van der Waals surface area (Å²) in [5.41, 5.74) is 0. The van der Waals surface area contributed by atoms with Gasteiger partial charge in [0, 0.05) is 0 Å². The van der Waals surface area contributed by atoms with Gasteiger partial charge in [-0.15, -0.1) is 0 Å². The fourth-order valence-corrected chi connectivity index (χ4v) is 0.577. The van der Waals surface area contributed by atoms with E-state index in [9.17, 15) is 9.59 Å². The number of Topliss-reactive ketones (excluding diaryl/α,β-unsaturated/α-hetero) is 2. The largest absolute Gasteiger partial charge is 0.322 e. The Morgan fingerprint density at radius 2 is 2.00 bits per heavy atom. The summed E-state index contributed by atoms with van der Waals surface area (Å²) in [5.74, 6) is -0.770. The zero-order valence-corrected chi connectivity index (χ0v) is 7.77. The fraction of sp³-hybridized carbons (Fsp3) is 0.571. The lowest BCUT2D eigenvalue weighted by molar-refractivity contribution is -0.216. The van der Waals surface area contributed by atoms with Crippen LogP contribution in [0.2, 0.25) is 0 Å². The molecule has 0 fully saturated rings. The second kappa shape index (κ2) is 5.79. The van der Waals surface area contributed by atoms with Gasteiger partial charge in [-0.1, -0.05) is 0 Å². The molecule has 0 aromatic heterocycles. The van der Waals surface area contributed by atoms with Crippen LogP contribution in [0, 0.1) is 0 Å². The Hall–Kier alpha value is -0.810. The number of carbonyl (C=O) groups excluding carboxylic acids is 2. The van der Waals surface area contributed by atoms with Gasteiger partial charge in [0.25, 0.3) is 5.05 Å². The molecule has 0 aliphatic carbocycles. The molecule has 0 heterocycles. The van der Waals surface area contributed by atoms with E-state index >= 15 is 0 Å². The summed E-state index contributed by atoms with van der Waals surface area (Å²) in [4.78, 5) is 30.2. The molecule has 0 aliphatic rings. The van der Waals surface area contributed by atoms with E-state index in [1.807, 2.05) is 0 Å². The van der Waals surface area contributed by atoms with Crippen molar-refractivity contribution in [2.45, 2.75) is 20.3 Å². The van der Waals surface area contributed by atoms with Crippen LogP contribution in [0.4, 0.5) is 0 Å². The minimum absolute atomic E-state index is 0.230. The van der Waals surface area contributed by atoms with Gasteiger partial charge in [0.1, 0.15) is 5.78 Å². The molecule has 68 valence electrons. The molecule has 0 bridgehead atoms. The lowest BCUT2D eigenvalue weighted by atomic mass is 10.2. The number of hydrogen-bond donors (Lipinski definition) is 0. The van der Waals surface area contributed by atoms with Gasteiger partial charge in [0.2, 0.25) is 5.78 Å². The Balaban J connectivity index is 3.77. The lowest BCUT2D eigenvalue weighted by Crippen LogP contribution is -2.17. The van der Waals surface area contributed by atoms with Crippen LogP contribution in [0.25, 0.3) is 0 Å². The fourth-order valence-electron chi connectivity index (χ4n) is 0.457. The van der Waals surface area contributed by atoms with Gasteiger partial charge in [0.15, 0.2) is 0 Å². The molecule has 0 saturated carbocycles. The standard InChI is InChI=1S/C7H10O4S/c1-3-10-11-7(12)6(9)4-5(2)8/h3-4H2,1-2H3. The SMILES string of the molecule is CCOOC(=S)C(=O)CC(C)=O. The van der Waals surface area contributed by atoms with Crippen LogP contribution in [0.15, 0.2) is 0 Å². The number of rotatable bonds is 5. The zero-order valence-electron chi connectivity index (χ0n) is 6.96. The quantitative estimate of drug-likeness (QED) is 0.278. The molecule has 5 heteroatoms. The molecular weight excluding hydrogens is 180 g/mol. The Bertz CT molecular complexity index is 200. The van der Waals surface area contributed by atoms with Gasteiger partial charge in [0.05, 0.1) is 13.0 Å². The Morgan fingerprint density at radius 1 is 1.42 bits per heavy atom. The van der Waals surface area contributed by atoms with Crippen molar-refractivity contribution < 1.29 is 19.4 Å². The monoisotopic (exact) mass is 190 g/mol. The topological polar surface area (TPSA) is 52.6 Å². The van der Waals surface area contributed by atoms with E-state index in [0.717, 1.165) is 0 Å². The average molecular weight is 190 g/mol. The van der Waals surface area contributed by atoms with E-state index in [1.165, 1.54) is 6.92 Å². The van der Waals surface area contributed by atoms with Gasteiger partial charge >= 0.3 is 0 Å². The van der Waals surface area contributed by atoms with E-state index in [4.69, 9.17) is 0 Å². The van der Waals surface area contributed by atoms with Crippen molar-refractivity contribution in [3.8, 4) is 0 Å². The third-order valence-electron chi connectivity index (χ3n) is 0.890. The maximum Gasteiger partial charge on any atom is 0.272 e. The number of ketones is 2. The molecule has 0 aliphatic heterocycles. The van der Waals surface area contributed by atoms with E-state index in [1.54, 1.807) is 6.92 Å². The van der Waals surface area contributed by atoms with Crippen molar-refractivity contribution in [1.82, 2.24) is 0 Å². The van der Waals surface area contributed by atoms with Gasteiger partial charge in [-0.2, -0.15) is 4.89 Å². The maximum absolute atomic E-state index is 10.9. The number of hydrogen-bond acceptors (Lipinski definition) is 5. The summed E-state index contributed by atoms with van der Waals surface area (Å²) in [7, 11) is 0. The summed E-state index contributed by atoms with van der Waals surface area (Å²) in [6, 6.07) is 0. The normalized spacial score (nSPS) is 9.17. The second-order valence-electron chi connectivity index (χ2n) is 2.08. The van der Waals surface area contributed by atoms with Crippen LogP contribution >= 0.6 is 12.2 Å². The highest BCUT2D eigenvalue weighted by molar-refractivity contribution is 7.81. The first-order chi connectivity index (χ1) is 5.57. The molecule has 0 radical (unpaired) electrons. The van der Waals surface area contributed by atoms with Crippen LogP contribution in [0.1, 0.15) is 20.3 Å². The Labute approximate surface area is 75.8 Å². The molecule has 0 aromatic rings. The smallest absolute Gasteiger partial charge is 0.272 e. The van der Waals surface area contributed by atoms with Crippen molar-refractivity contribution in [2.24, 2.45) is 0 Å². The molecule has 0 N–H and O–H groups in total. The minimum atomic E-state index is -0.522. The summed E-state index contributed by atoms with van der Waals surface area (Å²) in [6.45, 7) is 3.30. The highest BCUT2D eigenvalue weighted by Gasteiger charge is 2.13. The molecule has 0 rings (SSSR count). The molecule has 0 atom stereocenters. The molecule has 12 heavy (non-hydrogen) atoms. The zero-order chi connectivity index (χ0) is 9.56. The predicted octanol–water partition coefficient (Wildman–Crippen LogP) is 0.830. The highest BCUT2D eigenvalue weighted by Crippen LogP contribution is 1.92. The van der Waals surface area contributed by atoms with Crippen molar-refractivity contribution >= 4 is 28.8 Å². The van der Waals surface area contributed by atoms with Gasteiger partial charge in [-0.05, 0) is 26.1 Å². The Morgan fingerprint density at radius 3 is 2.42 bits per heavy atom. The number of thiocarbonyl (C=S) groups is 1. The van der Waals surface area contributed by atoms with Crippen molar-refractivity contribution in [2.75, 3.05) is 6.61 Å². The summed E-state index contributed by atoms with van der Waals surface area (Å²) >= 11 is 4.51. The maximum atomic E-state index is 10.9. The first kappa shape index (κ1) is 11.2. The Kier molecular flexibility index (Phi) is 5.40. The third-order valence-corrected chi connectivity index (χ3v) is 1.19. The van der Waals surface area contributed by atoms with Crippen LogP contribution < -0.4 is 0 Å². The first-order valence-corrected chi connectivity index (χ1v) is 3.84. The second-order valence-corrected chi connectivity index (χ2v) is 2.45. The molecule has 0 unspecified atom stereocenters. The summed E-state index contributed by atoms with van der Waals surface area (Å²) in [6.07, 6.45) is -0.230. The van der Waals surface area contributed by atoms with E-state index < -0.39 is 5.78 Å². The average Bonchev–Trinajstić information content (AvgIpc) is 1.98.